The van der Waals surface area contributed by atoms with Crippen molar-refractivity contribution in [2.24, 2.45) is 0 Å². The van der Waals surface area contributed by atoms with Crippen molar-refractivity contribution in [3.05, 3.63) is 48.0 Å². The molecule has 1 unspecified atom stereocenters. The van der Waals surface area contributed by atoms with Gasteiger partial charge in [0.1, 0.15) is 0 Å². The van der Waals surface area contributed by atoms with E-state index in [9.17, 15) is 5.11 Å². The largest absolute Gasteiger partial charge is 0.394 e. The van der Waals surface area contributed by atoms with E-state index >= 15 is 0 Å². The normalized spacial score (nSPS) is 16.0. The molecule has 21 heavy (non-hydrogen) atoms. The molecule has 2 aromatic rings. The van der Waals surface area contributed by atoms with Gasteiger partial charge < -0.3 is 15.3 Å². The average molecular weight is 302 g/mol. The van der Waals surface area contributed by atoms with Gasteiger partial charge in [0.25, 0.3) is 0 Å². The minimum absolute atomic E-state index is 0.00497. The molecule has 0 fully saturated rings. The van der Waals surface area contributed by atoms with Crippen molar-refractivity contribution in [3.63, 3.8) is 0 Å². The van der Waals surface area contributed by atoms with Gasteiger partial charge >= 0.3 is 0 Å². The Hall–Kier alpha value is -1.92. The van der Waals surface area contributed by atoms with Crippen LogP contribution >= 0.6 is 11.5 Å². The first kappa shape index (κ1) is 14.0. The van der Waals surface area contributed by atoms with Crippen LogP contribution in [0, 0.1) is 0 Å². The number of aromatic nitrogens is 2. The lowest BCUT2D eigenvalue weighted by atomic mass is 10.1. The molecule has 0 saturated heterocycles. The summed E-state index contributed by atoms with van der Waals surface area (Å²) in [6.07, 6.45) is 5.39. The fourth-order valence-corrected chi connectivity index (χ4v) is 2.96. The average Bonchev–Trinajstić information content (AvgIpc) is 3.03. The second kappa shape index (κ2) is 6.69. The van der Waals surface area contributed by atoms with Crippen LogP contribution in [-0.4, -0.2) is 34.2 Å². The van der Waals surface area contributed by atoms with Gasteiger partial charge in [-0.2, -0.15) is 9.36 Å². The first-order valence-electron chi connectivity index (χ1n) is 7.03. The SMILES string of the molecule is OCC(Nc1nsc(N2CC=CCC2)n1)c1ccccc1. The number of anilines is 2. The van der Waals surface area contributed by atoms with Crippen LogP contribution in [0.1, 0.15) is 18.0 Å². The Balaban J connectivity index is 1.70. The molecule has 110 valence electrons. The highest BCUT2D eigenvalue weighted by Gasteiger charge is 2.16. The molecule has 1 aliphatic rings. The molecule has 1 atom stereocenters. The number of aliphatic hydroxyl groups is 1. The van der Waals surface area contributed by atoms with Crippen molar-refractivity contribution in [2.75, 3.05) is 29.9 Å². The molecule has 0 saturated carbocycles. The van der Waals surface area contributed by atoms with Crippen molar-refractivity contribution >= 4 is 22.6 Å². The van der Waals surface area contributed by atoms with Gasteiger partial charge in [-0.3, -0.25) is 0 Å². The van der Waals surface area contributed by atoms with Gasteiger partial charge in [-0.25, -0.2) is 0 Å². The number of nitrogens with one attached hydrogen (secondary N) is 1. The quantitative estimate of drug-likeness (QED) is 0.831. The van der Waals surface area contributed by atoms with E-state index in [0.717, 1.165) is 30.2 Å². The van der Waals surface area contributed by atoms with E-state index in [1.807, 2.05) is 30.3 Å². The maximum Gasteiger partial charge on any atom is 0.237 e. The molecule has 6 heteroatoms. The Labute approximate surface area is 128 Å². The van der Waals surface area contributed by atoms with Crippen LogP contribution in [0.25, 0.3) is 0 Å². The summed E-state index contributed by atoms with van der Waals surface area (Å²) in [4.78, 5) is 6.73. The Morgan fingerprint density at radius 3 is 2.86 bits per heavy atom. The van der Waals surface area contributed by atoms with Crippen LogP contribution < -0.4 is 10.2 Å². The van der Waals surface area contributed by atoms with Crippen molar-refractivity contribution in [1.82, 2.24) is 9.36 Å². The van der Waals surface area contributed by atoms with Crippen molar-refractivity contribution in [1.29, 1.82) is 0 Å². The van der Waals surface area contributed by atoms with Crippen LogP contribution in [-0.2, 0) is 0 Å². The molecule has 1 aromatic carbocycles. The Morgan fingerprint density at radius 1 is 1.29 bits per heavy atom. The summed E-state index contributed by atoms with van der Waals surface area (Å²) in [5.41, 5.74) is 1.03. The molecule has 0 bridgehead atoms. The fraction of sp³-hybridized carbons (Fsp3) is 0.333. The van der Waals surface area contributed by atoms with Crippen LogP contribution in [0.4, 0.5) is 11.1 Å². The molecule has 0 radical (unpaired) electrons. The molecule has 0 aliphatic carbocycles. The molecule has 1 aliphatic heterocycles. The van der Waals surface area contributed by atoms with Gasteiger partial charge in [0, 0.05) is 24.6 Å². The van der Waals surface area contributed by atoms with Crippen LogP contribution in [0.15, 0.2) is 42.5 Å². The lowest BCUT2D eigenvalue weighted by Crippen LogP contribution is -2.26. The summed E-state index contributed by atoms with van der Waals surface area (Å²) in [5.74, 6) is 0.576. The monoisotopic (exact) mass is 302 g/mol. The van der Waals surface area contributed by atoms with E-state index in [0.29, 0.717) is 5.95 Å². The van der Waals surface area contributed by atoms with E-state index in [-0.39, 0.29) is 12.6 Å². The van der Waals surface area contributed by atoms with E-state index in [1.165, 1.54) is 11.5 Å². The van der Waals surface area contributed by atoms with Gasteiger partial charge in [-0.1, -0.05) is 42.5 Å². The molecule has 0 spiro atoms. The fourth-order valence-electron chi connectivity index (χ4n) is 2.29. The molecular weight excluding hydrogens is 284 g/mol. The zero-order valence-corrected chi connectivity index (χ0v) is 12.5. The zero-order chi connectivity index (χ0) is 14.5. The van der Waals surface area contributed by atoms with E-state index in [1.54, 1.807) is 0 Å². The topological polar surface area (TPSA) is 61.3 Å². The second-order valence-electron chi connectivity index (χ2n) is 4.90. The smallest absolute Gasteiger partial charge is 0.237 e. The first-order chi connectivity index (χ1) is 10.4. The third-order valence-electron chi connectivity index (χ3n) is 3.43. The Morgan fingerprint density at radius 2 is 2.14 bits per heavy atom. The number of rotatable bonds is 5. The minimum atomic E-state index is -0.185. The van der Waals surface area contributed by atoms with Gasteiger partial charge in [0.15, 0.2) is 0 Å². The minimum Gasteiger partial charge on any atom is -0.394 e. The zero-order valence-electron chi connectivity index (χ0n) is 11.6. The second-order valence-corrected chi connectivity index (χ2v) is 5.63. The van der Waals surface area contributed by atoms with Crippen molar-refractivity contribution in [2.45, 2.75) is 12.5 Å². The summed E-state index contributed by atoms with van der Waals surface area (Å²) in [6.45, 7) is 1.87. The third kappa shape index (κ3) is 3.40. The molecular formula is C15H18N4OS. The highest BCUT2D eigenvalue weighted by molar-refractivity contribution is 7.09. The third-order valence-corrected chi connectivity index (χ3v) is 4.21. The van der Waals surface area contributed by atoms with Crippen molar-refractivity contribution in [3.8, 4) is 0 Å². The molecule has 2 heterocycles. The summed E-state index contributed by atoms with van der Waals surface area (Å²) >= 11 is 1.39. The highest BCUT2D eigenvalue weighted by atomic mass is 32.1. The first-order valence-corrected chi connectivity index (χ1v) is 7.80. The number of aliphatic hydroxyl groups excluding tert-OH is 1. The van der Waals surface area contributed by atoms with Crippen LogP contribution in [0.2, 0.25) is 0 Å². The van der Waals surface area contributed by atoms with Gasteiger partial charge in [0.2, 0.25) is 11.1 Å². The van der Waals surface area contributed by atoms with Crippen LogP contribution in [0.5, 0.6) is 0 Å². The van der Waals surface area contributed by atoms with E-state index in [2.05, 4.69) is 31.7 Å². The predicted molar refractivity (Wildman–Crippen MR) is 85.8 cm³/mol. The maximum absolute atomic E-state index is 9.56. The number of hydrogen-bond acceptors (Lipinski definition) is 6. The summed E-state index contributed by atoms with van der Waals surface area (Å²) in [7, 11) is 0. The summed E-state index contributed by atoms with van der Waals surface area (Å²) in [5, 5.41) is 13.7. The lowest BCUT2D eigenvalue weighted by Gasteiger charge is -2.21. The maximum atomic E-state index is 9.56. The van der Waals surface area contributed by atoms with Crippen LogP contribution in [0.3, 0.4) is 0 Å². The highest BCUT2D eigenvalue weighted by Crippen LogP contribution is 2.24. The number of benzene rings is 1. The summed E-state index contributed by atoms with van der Waals surface area (Å²) in [6, 6.07) is 9.66. The van der Waals surface area contributed by atoms with E-state index in [4.69, 9.17) is 0 Å². The number of hydrogen-bond donors (Lipinski definition) is 2. The number of nitrogens with zero attached hydrogens (tertiary/aromatic N) is 3. The van der Waals surface area contributed by atoms with Gasteiger partial charge in [-0.05, 0) is 12.0 Å². The molecule has 5 nitrogen and oxygen atoms in total. The van der Waals surface area contributed by atoms with Crippen molar-refractivity contribution < 1.29 is 5.11 Å². The Bertz CT molecular complexity index is 599. The van der Waals surface area contributed by atoms with Gasteiger partial charge in [0.05, 0.1) is 12.6 Å². The van der Waals surface area contributed by atoms with Gasteiger partial charge in [-0.15, -0.1) is 0 Å². The molecule has 3 rings (SSSR count). The molecule has 2 N–H and O–H groups in total. The standard InChI is InChI=1S/C15H18N4OS/c20-11-13(12-7-3-1-4-8-12)16-14-17-15(21-18-14)19-9-5-2-6-10-19/h1-5,7-8,13,20H,6,9-11H2,(H,16,18). The lowest BCUT2D eigenvalue weighted by molar-refractivity contribution is 0.276. The summed E-state index contributed by atoms with van der Waals surface area (Å²) < 4.78 is 4.35. The van der Waals surface area contributed by atoms with E-state index < -0.39 is 0 Å². The molecule has 0 amide bonds. The Kier molecular flexibility index (Phi) is 4.47. The molecule has 1 aromatic heterocycles. The predicted octanol–water partition coefficient (Wildman–Crippen LogP) is 2.45.